The highest BCUT2D eigenvalue weighted by atomic mass is 32.1. The Hall–Kier alpha value is -2.47. The molecular formula is C17H14FN3OS. The lowest BCUT2D eigenvalue weighted by atomic mass is 10.1. The molecule has 1 aliphatic heterocycles. The normalized spacial score (nSPS) is 13.9. The number of thiophene rings is 1. The molecule has 0 bridgehead atoms. The van der Waals surface area contributed by atoms with Gasteiger partial charge in [0.1, 0.15) is 5.82 Å². The second kappa shape index (κ2) is 5.62. The van der Waals surface area contributed by atoms with E-state index in [0.29, 0.717) is 12.2 Å². The van der Waals surface area contributed by atoms with Crippen LogP contribution in [0, 0.1) is 5.82 Å². The number of benzene rings is 1. The maximum Gasteiger partial charge on any atom is 0.274 e. The number of nitrogens with zero attached hydrogens (tertiary/aromatic N) is 3. The number of hydrogen-bond donors (Lipinski definition) is 0. The summed E-state index contributed by atoms with van der Waals surface area (Å²) in [5.41, 5.74) is 2.37. The number of aromatic nitrogens is 2. The van der Waals surface area contributed by atoms with Gasteiger partial charge in [0.2, 0.25) is 0 Å². The van der Waals surface area contributed by atoms with Crippen LogP contribution in [-0.2, 0) is 13.0 Å². The molecule has 3 heterocycles. The van der Waals surface area contributed by atoms with Crippen LogP contribution in [0.15, 0.2) is 48.0 Å². The summed E-state index contributed by atoms with van der Waals surface area (Å²) < 4.78 is 14.6. The van der Waals surface area contributed by atoms with E-state index in [2.05, 4.69) is 16.5 Å². The van der Waals surface area contributed by atoms with Gasteiger partial charge in [0, 0.05) is 24.2 Å². The Morgan fingerprint density at radius 1 is 1.17 bits per heavy atom. The van der Waals surface area contributed by atoms with Crippen LogP contribution in [-0.4, -0.2) is 27.1 Å². The van der Waals surface area contributed by atoms with E-state index in [-0.39, 0.29) is 11.7 Å². The largest absolute Gasteiger partial charge is 0.333 e. The Kier molecular flexibility index (Phi) is 3.46. The number of fused-ring (bicyclic) bond motifs is 1. The van der Waals surface area contributed by atoms with Crippen LogP contribution < -0.4 is 0 Å². The molecule has 116 valence electrons. The lowest BCUT2D eigenvalue weighted by Gasteiger charge is -2.26. The van der Waals surface area contributed by atoms with E-state index in [4.69, 9.17) is 0 Å². The third kappa shape index (κ3) is 2.66. The molecule has 1 aromatic carbocycles. The summed E-state index contributed by atoms with van der Waals surface area (Å²) in [4.78, 5) is 15.8. The van der Waals surface area contributed by atoms with Gasteiger partial charge in [0.15, 0.2) is 5.69 Å². The Balaban J connectivity index is 1.55. The van der Waals surface area contributed by atoms with E-state index in [9.17, 15) is 9.18 Å². The lowest BCUT2D eigenvalue weighted by Crippen LogP contribution is -2.35. The van der Waals surface area contributed by atoms with Crippen molar-refractivity contribution in [3.63, 3.8) is 0 Å². The summed E-state index contributed by atoms with van der Waals surface area (Å²) >= 11 is 1.75. The zero-order valence-corrected chi connectivity index (χ0v) is 13.1. The SMILES string of the molecule is O=C(c1ccn(-c2ccc(F)cc2)n1)N1CCc2sccc2C1. The molecule has 1 amide bonds. The number of hydrogen-bond acceptors (Lipinski definition) is 3. The maximum atomic E-state index is 13.0. The second-order valence-electron chi connectivity index (χ2n) is 5.47. The molecule has 0 unspecified atom stereocenters. The molecule has 4 nitrogen and oxygen atoms in total. The topological polar surface area (TPSA) is 38.1 Å². The second-order valence-corrected chi connectivity index (χ2v) is 6.47. The van der Waals surface area contributed by atoms with Crippen LogP contribution in [0.25, 0.3) is 5.69 Å². The van der Waals surface area contributed by atoms with Crippen molar-refractivity contribution in [2.45, 2.75) is 13.0 Å². The highest BCUT2D eigenvalue weighted by molar-refractivity contribution is 7.10. The molecule has 23 heavy (non-hydrogen) atoms. The maximum absolute atomic E-state index is 13.0. The van der Waals surface area contributed by atoms with Gasteiger partial charge in [0.25, 0.3) is 5.91 Å². The van der Waals surface area contributed by atoms with E-state index in [1.165, 1.54) is 22.6 Å². The fraction of sp³-hybridized carbons (Fsp3) is 0.176. The molecular weight excluding hydrogens is 313 g/mol. The van der Waals surface area contributed by atoms with Crippen molar-refractivity contribution in [2.24, 2.45) is 0 Å². The molecule has 0 aliphatic carbocycles. The minimum Gasteiger partial charge on any atom is -0.333 e. The minimum absolute atomic E-state index is 0.0669. The van der Waals surface area contributed by atoms with E-state index in [0.717, 1.165) is 18.7 Å². The third-order valence-corrected chi connectivity index (χ3v) is 5.02. The van der Waals surface area contributed by atoms with Crippen LogP contribution in [0.5, 0.6) is 0 Å². The van der Waals surface area contributed by atoms with Gasteiger partial charge < -0.3 is 4.90 Å². The molecule has 2 aromatic heterocycles. The van der Waals surface area contributed by atoms with Crippen molar-refractivity contribution >= 4 is 17.2 Å². The van der Waals surface area contributed by atoms with Gasteiger partial charge >= 0.3 is 0 Å². The van der Waals surface area contributed by atoms with E-state index < -0.39 is 0 Å². The van der Waals surface area contributed by atoms with Gasteiger partial charge in [-0.25, -0.2) is 9.07 Å². The third-order valence-electron chi connectivity index (χ3n) is 3.99. The van der Waals surface area contributed by atoms with E-state index >= 15 is 0 Å². The van der Waals surface area contributed by atoms with Gasteiger partial charge in [-0.05, 0) is 53.8 Å². The summed E-state index contributed by atoms with van der Waals surface area (Å²) in [5, 5.41) is 6.41. The average molecular weight is 327 g/mol. The quantitative estimate of drug-likeness (QED) is 0.724. The summed E-state index contributed by atoms with van der Waals surface area (Å²) in [6, 6.07) is 9.80. The number of amides is 1. The first-order valence-electron chi connectivity index (χ1n) is 7.37. The Bertz CT molecular complexity index is 853. The fourth-order valence-corrected chi connectivity index (χ4v) is 3.65. The monoisotopic (exact) mass is 327 g/mol. The number of rotatable bonds is 2. The summed E-state index contributed by atoms with van der Waals surface area (Å²) in [6.07, 6.45) is 2.62. The fourth-order valence-electron chi connectivity index (χ4n) is 2.76. The zero-order chi connectivity index (χ0) is 15.8. The predicted octanol–water partition coefficient (Wildman–Crippen LogP) is 3.27. The standard InChI is InChI=1S/C17H14FN3OS/c18-13-1-3-14(4-2-13)21-9-5-15(19-21)17(22)20-8-6-16-12(11-20)7-10-23-16/h1-5,7,9-10H,6,8,11H2. The minimum atomic E-state index is -0.294. The molecule has 1 aliphatic rings. The van der Waals surface area contributed by atoms with Gasteiger partial charge in [0.05, 0.1) is 5.69 Å². The molecule has 4 rings (SSSR count). The molecule has 0 spiro atoms. The lowest BCUT2D eigenvalue weighted by molar-refractivity contribution is 0.0729. The highest BCUT2D eigenvalue weighted by Crippen LogP contribution is 2.24. The highest BCUT2D eigenvalue weighted by Gasteiger charge is 2.24. The first-order valence-corrected chi connectivity index (χ1v) is 8.25. The zero-order valence-electron chi connectivity index (χ0n) is 12.3. The van der Waals surface area contributed by atoms with E-state index in [1.54, 1.807) is 40.4 Å². The van der Waals surface area contributed by atoms with Crippen LogP contribution in [0.3, 0.4) is 0 Å². The smallest absolute Gasteiger partial charge is 0.274 e. The van der Waals surface area contributed by atoms with Crippen molar-refractivity contribution < 1.29 is 9.18 Å². The van der Waals surface area contributed by atoms with Gasteiger partial charge in [-0.2, -0.15) is 5.10 Å². The molecule has 3 aromatic rings. The Morgan fingerprint density at radius 3 is 2.83 bits per heavy atom. The van der Waals surface area contributed by atoms with Crippen molar-refractivity contribution in [1.29, 1.82) is 0 Å². The van der Waals surface area contributed by atoms with Crippen LogP contribution in [0.1, 0.15) is 20.9 Å². The van der Waals surface area contributed by atoms with Crippen molar-refractivity contribution in [3.05, 3.63) is 69.9 Å². The van der Waals surface area contributed by atoms with Gasteiger partial charge in [-0.15, -0.1) is 11.3 Å². The Morgan fingerprint density at radius 2 is 2.00 bits per heavy atom. The number of carbonyl (C=O) groups is 1. The Labute approximate surface area is 136 Å². The molecule has 0 saturated carbocycles. The molecule has 0 N–H and O–H groups in total. The molecule has 0 fully saturated rings. The van der Waals surface area contributed by atoms with Gasteiger partial charge in [-0.3, -0.25) is 4.79 Å². The number of halogens is 1. The van der Waals surface area contributed by atoms with Crippen LogP contribution >= 0.6 is 11.3 Å². The molecule has 0 radical (unpaired) electrons. The molecule has 0 atom stereocenters. The van der Waals surface area contributed by atoms with Crippen molar-refractivity contribution in [3.8, 4) is 5.69 Å². The van der Waals surface area contributed by atoms with Crippen molar-refractivity contribution in [2.75, 3.05) is 6.54 Å². The predicted molar refractivity (Wildman–Crippen MR) is 86.3 cm³/mol. The summed E-state index contributed by atoms with van der Waals surface area (Å²) in [7, 11) is 0. The first kappa shape index (κ1) is 14.1. The van der Waals surface area contributed by atoms with Gasteiger partial charge in [-0.1, -0.05) is 0 Å². The summed E-state index contributed by atoms with van der Waals surface area (Å²) in [5.74, 6) is -0.361. The number of carbonyl (C=O) groups excluding carboxylic acids is 1. The first-order chi connectivity index (χ1) is 11.2. The average Bonchev–Trinajstić information content (AvgIpc) is 3.23. The molecule has 6 heteroatoms. The van der Waals surface area contributed by atoms with E-state index in [1.807, 2.05) is 4.90 Å². The van der Waals surface area contributed by atoms with Crippen LogP contribution in [0.4, 0.5) is 4.39 Å². The van der Waals surface area contributed by atoms with Crippen molar-refractivity contribution in [1.82, 2.24) is 14.7 Å². The summed E-state index contributed by atoms with van der Waals surface area (Å²) in [6.45, 7) is 1.36. The molecule has 0 saturated heterocycles. The van der Waals surface area contributed by atoms with Crippen LogP contribution in [0.2, 0.25) is 0 Å².